The van der Waals surface area contributed by atoms with Crippen LogP contribution in [0.4, 0.5) is 4.79 Å². The van der Waals surface area contributed by atoms with Gasteiger partial charge in [0.05, 0.1) is 0 Å². The van der Waals surface area contributed by atoms with Gasteiger partial charge in [-0.3, -0.25) is 10.1 Å². The first-order chi connectivity index (χ1) is 13.5. The number of ketones is 1. The summed E-state index contributed by atoms with van der Waals surface area (Å²) in [6, 6.07) is 0. The lowest BCUT2D eigenvalue weighted by molar-refractivity contribution is -0.112. The highest BCUT2D eigenvalue weighted by Crippen LogP contribution is 2.16. The van der Waals surface area contributed by atoms with Crippen LogP contribution in [0.5, 0.6) is 0 Å². The highest BCUT2D eigenvalue weighted by molar-refractivity contribution is 6.09. The summed E-state index contributed by atoms with van der Waals surface area (Å²) in [5, 5.41) is 2.45. The molecule has 0 saturated carbocycles. The van der Waals surface area contributed by atoms with E-state index in [1.807, 2.05) is 26.0 Å². The quantitative estimate of drug-likeness (QED) is 0.396. The van der Waals surface area contributed by atoms with Crippen LogP contribution < -0.4 is 16.8 Å². The molecule has 158 valence electrons. The SMILES string of the molecule is C=C/C(C)=C(\C=C/C)C(C)OC(=O)N/C(C(=O)/C(C)=C/C=C(/N)C(=C)C)=C(\C)N. The van der Waals surface area contributed by atoms with Gasteiger partial charge in [-0.1, -0.05) is 37.5 Å². The topological polar surface area (TPSA) is 107 Å². The van der Waals surface area contributed by atoms with Crippen LogP contribution in [0.1, 0.15) is 41.5 Å². The Morgan fingerprint density at radius 3 is 2.14 bits per heavy atom. The molecule has 0 fully saturated rings. The van der Waals surface area contributed by atoms with Gasteiger partial charge in [0.25, 0.3) is 0 Å². The lowest BCUT2D eigenvalue weighted by atomic mass is 10.0. The molecule has 0 aromatic rings. The molecule has 6 nitrogen and oxygen atoms in total. The predicted octanol–water partition coefficient (Wildman–Crippen LogP) is 4.30. The predicted molar refractivity (Wildman–Crippen MR) is 120 cm³/mol. The highest BCUT2D eigenvalue weighted by Gasteiger charge is 2.20. The van der Waals surface area contributed by atoms with Crippen LogP contribution >= 0.6 is 0 Å². The molecular formula is C23H33N3O3. The van der Waals surface area contributed by atoms with Gasteiger partial charge in [0, 0.05) is 11.4 Å². The molecule has 1 unspecified atom stereocenters. The van der Waals surface area contributed by atoms with Crippen molar-refractivity contribution >= 4 is 11.9 Å². The summed E-state index contributed by atoms with van der Waals surface area (Å²) in [5.74, 6) is -0.438. The minimum Gasteiger partial charge on any atom is -0.441 e. The largest absolute Gasteiger partial charge is 0.441 e. The molecule has 0 aromatic carbocycles. The molecule has 0 aromatic heterocycles. The van der Waals surface area contributed by atoms with Crippen LogP contribution in [-0.4, -0.2) is 18.0 Å². The molecule has 0 bridgehead atoms. The van der Waals surface area contributed by atoms with Gasteiger partial charge >= 0.3 is 6.09 Å². The first-order valence-electron chi connectivity index (χ1n) is 9.20. The van der Waals surface area contributed by atoms with Crippen molar-refractivity contribution < 1.29 is 14.3 Å². The van der Waals surface area contributed by atoms with Crippen molar-refractivity contribution in [2.45, 2.75) is 47.6 Å². The molecule has 6 heteroatoms. The Kier molecular flexibility index (Phi) is 10.8. The third kappa shape index (κ3) is 8.51. The molecule has 0 radical (unpaired) electrons. The number of Topliss-reactive ketones (excluding diaryl/α,β-unsaturated/α-hetero) is 1. The Morgan fingerprint density at radius 1 is 1.10 bits per heavy atom. The summed E-state index contributed by atoms with van der Waals surface area (Å²) in [7, 11) is 0. The fourth-order valence-corrected chi connectivity index (χ4v) is 2.20. The van der Waals surface area contributed by atoms with Crippen molar-refractivity contribution in [1.82, 2.24) is 5.32 Å². The van der Waals surface area contributed by atoms with Crippen molar-refractivity contribution in [3.63, 3.8) is 0 Å². The zero-order valence-electron chi connectivity index (χ0n) is 18.3. The molecule has 0 spiro atoms. The van der Waals surface area contributed by atoms with Gasteiger partial charge in [0.15, 0.2) is 0 Å². The smallest absolute Gasteiger partial charge is 0.412 e. The second-order valence-corrected chi connectivity index (χ2v) is 6.65. The lowest BCUT2D eigenvalue weighted by Gasteiger charge is -2.18. The molecule has 1 amide bonds. The van der Waals surface area contributed by atoms with Crippen molar-refractivity contribution in [2.24, 2.45) is 11.5 Å². The summed E-state index contributed by atoms with van der Waals surface area (Å²) < 4.78 is 5.42. The van der Waals surface area contributed by atoms with Crippen LogP contribution in [0, 0.1) is 0 Å². The second-order valence-electron chi connectivity index (χ2n) is 6.65. The maximum absolute atomic E-state index is 12.7. The van der Waals surface area contributed by atoms with E-state index in [9.17, 15) is 9.59 Å². The summed E-state index contributed by atoms with van der Waals surface area (Å²) in [6.07, 6.45) is 7.16. The van der Waals surface area contributed by atoms with Crippen molar-refractivity contribution in [3.8, 4) is 0 Å². The van der Waals surface area contributed by atoms with Gasteiger partial charge in [-0.15, -0.1) is 0 Å². The average molecular weight is 400 g/mol. The molecule has 0 aliphatic carbocycles. The number of nitrogens with two attached hydrogens (primary N) is 2. The number of hydrogen-bond donors (Lipinski definition) is 3. The van der Waals surface area contributed by atoms with E-state index in [1.165, 1.54) is 6.92 Å². The Balaban J connectivity index is 5.50. The molecule has 0 heterocycles. The number of amides is 1. The Bertz CT molecular complexity index is 820. The zero-order chi connectivity index (χ0) is 22.7. The number of alkyl carbamates (subject to hydrolysis) is 1. The average Bonchev–Trinajstić information content (AvgIpc) is 2.66. The Morgan fingerprint density at radius 2 is 1.69 bits per heavy atom. The third-order valence-corrected chi connectivity index (χ3v) is 4.04. The molecular weight excluding hydrogens is 366 g/mol. The lowest BCUT2D eigenvalue weighted by Crippen LogP contribution is -2.33. The van der Waals surface area contributed by atoms with Gasteiger partial charge < -0.3 is 16.2 Å². The van der Waals surface area contributed by atoms with Gasteiger partial charge in [0.2, 0.25) is 5.78 Å². The fourth-order valence-electron chi connectivity index (χ4n) is 2.20. The van der Waals surface area contributed by atoms with E-state index in [2.05, 4.69) is 18.5 Å². The van der Waals surface area contributed by atoms with E-state index in [0.29, 0.717) is 16.8 Å². The standard InChI is InChI=1S/C23H33N3O3/c1-9-11-19(15(5)10-2)18(8)29-23(28)26-21(17(7)24)22(27)16(6)12-13-20(25)14(3)4/h9-13,18H,2-3,24-25H2,1,4-8H3,(H,26,28)/b11-9-,16-12+,19-15+,20-13+,21-17+. The number of nitrogens with one attached hydrogen (secondary N) is 1. The van der Waals surface area contributed by atoms with Gasteiger partial charge in [-0.05, 0) is 69.9 Å². The molecule has 0 saturated heterocycles. The van der Waals surface area contributed by atoms with Gasteiger partial charge in [0.1, 0.15) is 11.8 Å². The monoisotopic (exact) mass is 399 g/mol. The van der Waals surface area contributed by atoms with Crippen molar-refractivity contribution in [2.75, 3.05) is 0 Å². The minimum absolute atomic E-state index is 0.0461. The summed E-state index contributed by atoms with van der Waals surface area (Å²) >= 11 is 0. The number of carbonyl (C=O) groups excluding carboxylic acids is 2. The van der Waals surface area contributed by atoms with Crippen LogP contribution in [-0.2, 0) is 9.53 Å². The Hall–Kier alpha value is -3.28. The van der Waals surface area contributed by atoms with Crippen LogP contribution in [0.25, 0.3) is 0 Å². The van der Waals surface area contributed by atoms with Crippen molar-refractivity contribution in [3.05, 3.63) is 82.9 Å². The maximum Gasteiger partial charge on any atom is 0.412 e. The van der Waals surface area contributed by atoms with Gasteiger partial charge in [-0.2, -0.15) is 0 Å². The van der Waals surface area contributed by atoms with E-state index >= 15 is 0 Å². The molecule has 1 atom stereocenters. The summed E-state index contributed by atoms with van der Waals surface area (Å²) in [6.45, 7) is 17.8. The molecule has 0 rings (SSSR count). The number of ether oxygens (including phenoxy) is 1. The minimum atomic E-state index is -0.783. The Labute approximate surface area is 174 Å². The van der Waals surface area contributed by atoms with Crippen molar-refractivity contribution in [1.29, 1.82) is 0 Å². The van der Waals surface area contributed by atoms with E-state index < -0.39 is 18.0 Å². The molecule has 29 heavy (non-hydrogen) atoms. The van der Waals surface area contributed by atoms with E-state index in [4.69, 9.17) is 16.2 Å². The number of carbonyl (C=O) groups is 2. The molecule has 5 N–H and O–H groups in total. The van der Waals surface area contributed by atoms with E-state index in [1.54, 1.807) is 39.0 Å². The van der Waals surface area contributed by atoms with E-state index in [0.717, 1.165) is 11.1 Å². The number of hydrogen-bond acceptors (Lipinski definition) is 5. The maximum atomic E-state index is 12.7. The zero-order valence-corrected chi connectivity index (χ0v) is 18.3. The van der Waals surface area contributed by atoms with Gasteiger partial charge in [-0.25, -0.2) is 4.79 Å². The third-order valence-electron chi connectivity index (χ3n) is 4.04. The van der Waals surface area contributed by atoms with E-state index in [-0.39, 0.29) is 11.4 Å². The number of rotatable bonds is 9. The number of allylic oxidation sites excluding steroid dienone is 8. The highest BCUT2D eigenvalue weighted by atomic mass is 16.6. The first kappa shape index (κ1) is 25.7. The fraction of sp³-hybridized carbons (Fsp3) is 0.304. The molecule has 0 aliphatic rings. The van der Waals surface area contributed by atoms with Crippen LogP contribution in [0.15, 0.2) is 82.9 Å². The summed E-state index contributed by atoms with van der Waals surface area (Å²) in [4.78, 5) is 25.0. The molecule has 0 aliphatic heterocycles. The second kappa shape index (κ2) is 12.2. The normalized spacial score (nSPS) is 15.2. The first-order valence-corrected chi connectivity index (χ1v) is 9.20. The van der Waals surface area contributed by atoms with Crippen LogP contribution in [0.3, 0.4) is 0 Å². The van der Waals surface area contributed by atoms with Crippen LogP contribution in [0.2, 0.25) is 0 Å². The summed E-state index contributed by atoms with van der Waals surface area (Å²) in [5.41, 5.74) is 14.9.